The first-order valence-electron chi connectivity index (χ1n) is 9.70. The van der Waals surface area contributed by atoms with Crippen LogP contribution >= 0.6 is 23.4 Å². The Morgan fingerprint density at radius 2 is 1.94 bits per heavy atom. The van der Waals surface area contributed by atoms with Crippen LogP contribution in [0.5, 0.6) is 11.5 Å². The van der Waals surface area contributed by atoms with Crippen molar-refractivity contribution in [3.05, 3.63) is 35.5 Å². The summed E-state index contributed by atoms with van der Waals surface area (Å²) in [6.07, 6.45) is 1.47. The molecule has 0 radical (unpaired) electrons. The lowest BCUT2D eigenvalue weighted by molar-refractivity contribution is -0.113. The Balaban J connectivity index is 1.49. The van der Waals surface area contributed by atoms with E-state index in [0.717, 1.165) is 11.8 Å². The number of rotatable bonds is 8. The van der Waals surface area contributed by atoms with Gasteiger partial charge in [-0.15, -0.1) is 10.2 Å². The molecule has 3 aromatic rings. The second-order valence-electron chi connectivity index (χ2n) is 6.69. The molecule has 1 aliphatic heterocycles. The number of benzene rings is 1. The van der Waals surface area contributed by atoms with Crippen LogP contribution in [0.15, 0.2) is 40.5 Å². The molecule has 0 aliphatic carbocycles. The third kappa shape index (κ3) is 4.35. The summed E-state index contributed by atoms with van der Waals surface area (Å²) >= 11 is 7.32. The van der Waals surface area contributed by atoms with Crippen LogP contribution in [0.25, 0.3) is 5.65 Å². The molecule has 0 spiro atoms. The van der Waals surface area contributed by atoms with Crippen molar-refractivity contribution in [1.82, 2.24) is 18.9 Å². The maximum Gasteiger partial charge on any atom is 0.244 e. The largest absolute Gasteiger partial charge is 0.454 e. The normalized spacial score (nSPS) is 13.1. The highest BCUT2D eigenvalue weighted by atomic mass is 35.5. The van der Waals surface area contributed by atoms with E-state index in [1.807, 2.05) is 0 Å². The first-order valence-corrected chi connectivity index (χ1v) is 12.5. The first kappa shape index (κ1) is 22.6. The number of nitrogens with one attached hydrogen (secondary N) is 1. The van der Waals surface area contributed by atoms with Gasteiger partial charge in [0.05, 0.1) is 21.4 Å². The van der Waals surface area contributed by atoms with E-state index in [-0.39, 0.29) is 23.3 Å². The van der Waals surface area contributed by atoms with E-state index in [0.29, 0.717) is 46.1 Å². The van der Waals surface area contributed by atoms with Crippen LogP contribution in [0.2, 0.25) is 5.02 Å². The summed E-state index contributed by atoms with van der Waals surface area (Å²) in [6.45, 7) is 4.40. The minimum Gasteiger partial charge on any atom is -0.454 e. The summed E-state index contributed by atoms with van der Waals surface area (Å²) in [5.74, 6) is 0.716. The molecule has 2 aromatic heterocycles. The lowest BCUT2D eigenvalue weighted by atomic mass is 10.2. The molecule has 0 atom stereocenters. The molecule has 0 saturated carbocycles. The third-order valence-electron chi connectivity index (χ3n) is 4.76. The zero-order chi connectivity index (χ0) is 22.9. The van der Waals surface area contributed by atoms with Crippen molar-refractivity contribution in [2.75, 3.05) is 31.0 Å². The minimum atomic E-state index is -3.64. The van der Waals surface area contributed by atoms with E-state index in [1.54, 1.807) is 36.4 Å². The number of aromatic nitrogens is 3. The highest BCUT2D eigenvalue weighted by Gasteiger charge is 2.23. The fourth-order valence-electron chi connectivity index (χ4n) is 3.14. The Morgan fingerprint density at radius 1 is 1.22 bits per heavy atom. The van der Waals surface area contributed by atoms with E-state index in [1.165, 1.54) is 16.6 Å². The summed E-state index contributed by atoms with van der Waals surface area (Å²) in [7, 11) is -3.64. The number of carbonyl (C=O) groups excluding carboxylic acids is 1. The molecule has 1 aromatic carbocycles. The van der Waals surface area contributed by atoms with Gasteiger partial charge in [0.2, 0.25) is 22.7 Å². The Hall–Kier alpha value is -2.54. The number of nitrogens with zero attached hydrogens (tertiary/aromatic N) is 4. The molecule has 0 fully saturated rings. The molecular formula is C19H20ClN5O5S2. The molecule has 1 aliphatic rings. The summed E-state index contributed by atoms with van der Waals surface area (Å²) in [4.78, 5) is 12.6. The van der Waals surface area contributed by atoms with Crippen molar-refractivity contribution in [1.29, 1.82) is 0 Å². The van der Waals surface area contributed by atoms with Crippen LogP contribution in [0.4, 0.5) is 5.69 Å². The van der Waals surface area contributed by atoms with Gasteiger partial charge in [-0.1, -0.05) is 37.2 Å². The van der Waals surface area contributed by atoms with Gasteiger partial charge in [-0.05, 0) is 12.1 Å². The van der Waals surface area contributed by atoms with Crippen molar-refractivity contribution < 1.29 is 22.7 Å². The van der Waals surface area contributed by atoms with Gasteiger partial charge in [0.25, 0.3) is 0 Å². The summed E-state index contributed by atoms with van der Waals surface area (Å²) in [5, 5.41) is 11.6. The number of thioether (sulfide) groups is 1. The summed E-state index contributed by atoms with van der Waals surface area (Å²) in [6, 6.07) is 6.26. The fraction of sp³-hybridized carbons (Fsp3) is 0.316. The molecule has 1 amide bonds. The second kappa shape index (κ2) is 9.14. The quantitative estimate of drug-likeness (QED) is 0.472. The standard InChI is InChI=1S/C19H20ClN5O5S2/c1-3-24(4-2)32(27,28)12-5-6-17-22-23-19(25(17)9-12)31-10-18(26)21-14-8-16-15(7-13(14)20)29-11-30-16/h5-9H,3-4,10-11H2,1-2H3,(H,21,26). The number of pyridine rings is 1. The number of anilines is 1. The molecule has 13 heteroatoms. The third-order valence-corrected chi connectivity index (χ3v) is 8.05. The topological polar surface area (TPSA) is 115 Å². The molecule has 0 saturated heterocycles. The minimum absolute atomic E-state index is 0.0125. The molecular weight excluding hydrogens is 478 g/mol. The number of hydrogen-bond acceptors (Lipinski definition) is 8. The number of halogens is 1. The molecule has 4 rings (SSSR count). The SMILES string of the molecule is CCN(CC)S(=O)(=O)c1ccc2nnc(SCC(=O)Nc3cc4c(cc3Cl)OCO4)n2c1. The number of ether oxygens (including phenoxy) is 2. The maximum absolute atomic E-state index is 12.8. The zero-order valence-corrected chi connectivity index (χ0v) is 19.6. The van der Waals surface area contributed by atoms with Gasteiger partial charge in [-0.2, -0.15) is 4.31 Å². The van der Waals surface area contributed by atoms with E-state index < -0.39 is 10.0 Å². The van der Waals surface area contributed by atoms with Gasteiger partial charge in [0.15, 0.2) is 22.3 Å². The molecule has 3 heterocycles. The molecule has 0 unspecified atom stereocenters. The van der Waals surface area contributed by atoms with Gasteiger partial charge >= 0.3 is 0 Å². The van der Waals surface area contributed by atoms with E-state index in [4.69, 9.17) is 21.1 Å². The van der Waals surface area contributed by atoms with E-state index >= 15 is 0 Å². The van der Waals surface area contributed by atoms with Gasteiger partial charge < -0.3 is 14.8 Å². The van der Waals surface area contributed by atoms with Crippen LogP contribution in [0, 0.1) is 0 Å². The van der Waals surface area contributed by atoms with Gasteiger partial charge in [0.1, 0.15) is 0 Å². The number of amides is 1. The monoisotopic (exact) mass is 497 g/mol. The predicted octanol–water partition coefficient (Wildman–Crippen LogP) is 2.87. The molecule has 10 nitrogen and oxygen atoms in total. The van der Waals surface area contributed by atoms with Gasteiger partial charge in [-0.25, -0.2) is 8.42 Å². The van der Waals surface area contributed by atoms with E-state index in [9.17, 15) is 13.2 Å². The van der Waals surface area contributed by atoms with Crippen LogP contribution in [-0.2, 0) is 14.8 Å². The summed E-state index contributed by atoms with van der Waals surface area (Å²) in [5.41, 5.74) is 0.880. The second-order valence-corrected chi connectivity index (χ2v) is 9.97. The zero-order valence-electron chi connectivity index (χ0n) is 17.2. The van der Waals surface area contributed by atoms with Crippen LogP contribution in [0.3, 0.4) is 0 Å². The highest BCUT2D eigenvalue weighted by molar-refractivity contribution is 7.99. The van der Waals surface area contributed by atoms with Crippen molar-refractivity contribution in [2.24, 2.45) is 0 Å². The van der Waals surface area contributed by atoms with Crippen LogP contribution < -0.4 is 14.8 Å². The van der Waals surface area contributed by atoms with Gasteiger partial charge in [-0.3, -0.25) is 9.20 Å². The molecule has 32 heavy (non-hydrogen) atoms. The number of carbonyl (C=O) groups is 1. The Bertz CT molecular complexity index is 1280. The van der Waals surface area contributed by atoms with Crippen LogP contribution in [-0.4, -0.2) is 58.9 Å². The predicted molar refractivity (Wildman–Crippen MR) is 120 cm³/mol. The lowest BCUT2D eigenvalue weighted by Gasteiger charge is -2.18. The lowest BCUT2D eigenvalue weighted by Crippen LogP contribution is -2.30. The fourth-order valence-corrected chi connectivity index (χ4v) is 5.52. The number of hydrogen-bond donors (Lipinski definition) is 1. The number of fused-ring (bicyclic) bond motifs is 2. The molecule has 1 N–H and O–H groups in total. The molecule has 170 valence electrons. The Morgan fingerprint density at radius 3 is 2.66 bits per heavy atom. The average Bonchev–Trinajstić information content (AvgIpc) is 3.39. The Kier molecular flexibility index (Phi) is 6.47. The number of sulfonamides is 1. The van der Waals surface area contributed by atoms with Crippen molar-refractivity contribution in [3.63, 3.8) is 0 Å². The van der Waals surface area contributed by atoms with E-state index in [2.05, 4.69) is 15.5 Å². The molecule has 0 bridgehead atoms. The maximum atomic E-state index is 12.8. The van der Waals surface area contributed by atoms with Crippen molar-refractivity contribution >= 4 is 50.6 Å². The van der Waals surface area contributed by atoms with Crippen molar-refractivity contribution in [3.8, 4) is 11.5 Å². The van der Waals surface area contributed by atoms with Crippen molar-refractivity contribution in [2.45, 2.75) is 23.9 Å². The summed E-state index contributed by atoms with van der Waals surface area (Å²) < 4.78 is 39.1. The first-order chi connectivity index (χ1) is 15.3. The average molecular weight is 498 g/mol. The van der Waals surface area contributed by atoms with Crippen LogP contribution in [0.1, 0.15) is 13.8 Å². The van der Waals surface area contributed by atoms with Gasteiger partial charge in [0, 0.05) is 31.4 Å². The Labute approximate surface area is 193 Å². The smallest absolute Gasteiger partial charge is 0.244 e. The highest BCUT2D eigenvalue weighted by Crippen LogP contribution is 2.39.